The maximum absolute atomic E-state index is 11.9. The fourth-order valence-corrected chi connectivity index (χ4v) is 2.35. The predicted molar refractivity (Wildman–Crippen MR) is 64.6 cm³/mol. The summed E-state index contributed by atoms with van der Waals surface area (Å²) in [6, 6.07) is 1.68. The molecule has 0 aliphatic heterocycles. The molecule has 0 spiro atoms. The normalized spacial score (nSPS) is 14.1. The second-order valence-corrected chi connectivity index (χ2v) is 5.71. The molecule has 0 amide bonds. The molecule has 1 aromatic heterocycles. The molecule has 0 aliphatic rings. The zero-order valence-electron chi connectivity index (χ0n) is 10.5. The van der Waals surface area contributed by atoms with Gasteiger partial charge < -0.3 is 10.5 Å². The van der Waals surface area contributed by atoms with Gasteiger partial charge in [0.05, 0.1) is 6.20 Å². The maximum atomic E-state index is 11.9. The van der Waals surface area contributed by atoms with Crippen molar-refractivity contribution in [2.45, 2.75) is 24.0 Å². The molecule has 0 radical (unpaired) electrons. The number of sulfonamides is 1. The lowest BCUT2D eigenvalue weighted by Gasteiger charge is -2.12. The SMILES string of the molecule is C[C@@H](CN)NS(=O)(=O)c1ccc(OCC(F)(F)F)nc1. The van der Waals surface area contributed by atoms with Crippen LogP contribution in [0.4, 0.5) is 13.2 Å². The van der Waals surface area contributed by atoms with Crippen molar-refractivity contribution in [1.29, 1.82) is 0 Å². The molecular weight excluding hydrogens is 299 g/mol. The van der Waals surface area contributed by atoms with Gasteiger partial charge in [-0.1, -0.05) is 0 Å². The van der Waals surface area contributed by atoms with Crippen molar-refractivity contribution < 1.29 is 26.3 Å². The molecule has 0 aliphatic carbocycles. The number of rotatable bonds is 6. The average molecular weight is 313 g/mol. The predicted octanol–water partition coefficient (Wildman–Crippen LogP) is 0.648. The topological polar surface area (TPSA) is 94.3 Å². The Labute approximate surface area is 114 Å². The molecule has 1 heterocycles. The summed E-state index contributed by atoms with van der Waals surface area (Å²) in [5.74, 6) is -0.312. The molecule has 20 heavy (non-hydrogen) atoms. The molecule has 0 bridgehead atoms. The molecule has 0 aromatic carbocycles. The average Bonchev–Trinajstić information content (AvgIpc) is 2.35. The molecule has 114 valence electrons. The summed E-state index contributed by atoms with van der Waals surface area (Å²) in [6.07, 6.45) is -3.57. The van der Waals surface area contributed by atoms with Gasteiger partial charge in [0, 0.05) is 18.7 Å². The standard InChI is InChI=1S/C10H14F3N3O3S/c1-7(4-14)16-20(17,18)8-2-3-9(15-5-8)19-6-10(11,12)13/h2-3,5,7,16H,4,6,14H2,1H3/t7-/m0/s1. The Kier molecular flexibility index (Phi) is 5.31. The van der Waals surface area contributed by atoms with Crippen LogP contribution in [0.3, 0.4) is 0 Å². The Balaban J connectivity index is 2.76. The molecule has 1 aromatic rings. The minimum absolute atomic E-state index is 0.111. The van der Waals surface area contributed by atoms with Gasteiger partial charge in [0.25, 0.3) is 0 Å². The number of nitrogens with one attached hydrogen (secondary N) is 1. The summed E-state index contributed by atoms with van der Waals surface area (Å²) in [4.78, 5) is 3.33. The summed E-state index contributed by atoms with van der Waals surface area (Å²) in [7, 11) is -3.80. The van der Waals surface area contributed by atoms with Gasteiger partial charge in [-0.25, -0.2) is 18.1 Å². The molecule has 1 rings (SSSR count). The number of nitrogens with two attached hydrogens (primary N) is 1. The zero-order valence-corrected chi connectivity index (χ0v) is 11.3. The smallest absolute Gasteiger partial charge is 0.422 e. The maximum Gasteiger partial charge on any atom is 0.422 e. The van der Waals surface area contributed by atoms with Crippen molar-refractivity contribution in [3.63, 3.8) is 0 Å². The highest BCUT2D eigenvalue weighted by molar-refractivity contribution is 7.89. The van der Waals surface area contributed by atoms with Crippen molar-refractivity contribution in [1.82, 2.24) is 9.71 Å². The fraction of sp³-hybridized carbons (Fsp3) is 0.500. The van der Waals surface area contributed by atoms with Crippen LogP contribution in [0.1, 0.15) is 6.92 Å². The van der Waals surface area contributed by atoms with E-state index in [9.17, 15) is 21.6 Å². The van der Waals surface area contributed by atoms with E-state index in [0.717, 1.165) is 18.3 Å². The summed E-state index contributed by atoms with van der Waals surface area (Å²) in [5.41, 5.74) is 5.29. The summed E-state index contributed by atoms with van der Waals surface area (Å²) in [5, 5.41) is 0. The van der Waals surface area contributed by atoms with Crippen LogP contribution in [0.25, 0.3) is 0 Å². The van der Waals surface area contributed by atoms with E-state index >= 15 is 0 Å². The quantitative estimate of drug-likeness (QED) is 0.804. The van der Waals surface area contributed by atoms with Gasteiger partial charge in [-0.05, 0) is 13.0 Å². The fourth-order valence-electron chi connectivity index (χ4n) is 1.15. The molecule has 0 unspecified atom stereocenters. The number of alkyl halides is 3. The first-order chi connectivity index (χ1) is 9.14. The van der Waals surface area contributed by atoms with Crippen LogP contribution in [0.15, 0.2) is 23.2 Å². The van der Waals surface area contributed by atoms with E-state index in [4.69, 9.17) is 5.73 Å². The summed E-state index contributed by atoms with van der Waals surface area (Å²) in [6.45, 7) is 0.194. The van der Waals surface area contributed by atoms with E-state index in [-0.39, 0.29) is 17.3 Å². The highest BCUT2D eigenvalue weighted by atomic mass is 32.2. The number of ether oxygens (including phenoxy) is 1. The van der Waals surface area contributed by atoms with Crippen LogP contribution in [0.2, 0.25) is 0 Å². The second-order valence-electron chi connectivity index (χ2n) is 3.99. The Morgan fingerprint density at radius 2 is 2.10 bits per heavy atom. The van der Waals surface area contributed by atoms with Gasteiger partial charge in [0.1, 0.15) is 4.90 Å². The lowest BCUT2D eigenvalue weighted by molar-refractivity contribution is -0.154. The van der Waals surface area contributed by atoms with Crippen LogP contribution < -0.4 is 15.2 Å². The van der Waals surface area contributed by atoms with Crippen LogP contribution in [0.5, 0.6) is 5.88 Å². The second kappa shape index (κ2) is 6.37. The van der Waals surface area contributed by atoms with Crippen LogP contribution in [0, 0.1) is 0 Å². The van der Waals surface area contributed by atoms with Crippen LogP contribution >= 0.6 is 0 Å². The molecule has 3 N–H and O–H groups in total. The Hall–Kier alpha value is -1.39. The molecule has 0 saturated heterocycles. The lowest BCUT2D eigenvalue weighted by Crippen LogP contribution is -2.37. The molecule has 6 nitrogen and oxygen atoms in total. The third-order valence-electron chi connectivity index (χ3n) is 2.11. The Bertz CT molecular complexity index is 531. The van der Waals surface area contributed by atoms with Crippen molar-refractivity contribution in [2.24, 2.45) is 5.73 Å². The Morgan fingerprint density at radius 3 is 2.55 bits per heavy atom. The van der Waals surface area contributed by atoms with E-state index in [1.54, 1.807) is 6.92 Å². The van der Waals surface area contributed by atoms with Gasteiger partial charge in [-0.3, -0.25) is 0 Å². The Morgan fingerprint density at radius 1 is 1.45 bits per heavy atom. The number of aromatic nitrogens is 1. The highest BCUT2D eigenvalue weighted by Gasteiger charge is 2.28. The van der Waals surface area contributed by atoms with Gasteiger partial charge in [0.15, 0.2) is 6.61 Å². The highest BCUT2D eigenvalue weighted by Crippen LogP contribution is 2.18. The van der Waals surface area contributed by atoms with Gasteiger partial charge in [-0.2, -0.15) is 13.2 Å². The third kappa shape index (κ3) is 5.31. The van der Waals surface area contributed by atoms with E-state index in [1.807, 2.05) is 0 Å². The van der Waals surface area contributed by atoms with E-state index in [2.05, 4.69) is 14.4 Å². The van der Waals surface area contributed by atoms with Gasteiger partial charge in [-0.15, -0.1) is 0 Å². The molecular formula is C10H14F3N3O3S. The van der Waals surface area contributed by atoms with Gasteiger partial charge >= 0.3 is 6.18 Å². The summed E-state index contributed by atoms with van der Waals surface area (Å²) >= 11 is 0. The largest absolute Gasteiger partial charge is 0.468 e. The van der Waals surface area contributed by atoms with Crippen molar-refractivity contribution in [3.05, 3.63) is 18.3 Å². The molecule has 10 heteroatoms. The van der Waals surface area contributed by atoms with E-state index in [0.29, 0.717) is 0 Å². The van der Waals surface area contributed by atoms with Gasteiger partial charge in [0.2, 0.25) is 15.9 Å². The monoisotopic (exact) mass is 313 g/mol. The first-order valence-corrected chi connectivity index (χ1v) is 7.00. The van der Waals surface area contributed by atoms with E-state index in [1.165, 1.54) is 0 Å². The molecule has 1 atom stereocenters. The van der Waals surface area contributed by atoms with Crippen molar-refractivity contribution in [2.75, 3.05) is 13.2 Å². The minimum atomic E-state index is -4.48. The number of nitrogens with zero attached hydrogens (tertiary/aromatic N) is 1. The van der Waals surface area contributed by atoms with Crippen LogP contribution in [-0.2, 0) is 10.0 Å². The van der Waals surface area contributed by atoms with Crippen molar-refractivity contribution in [3.8, 4) is 5.88 Å². The van der Waals surface area contributed by atoms with Crippen LogP contribution in [-0.4, -0.2) is 38.8 Å². The first-order valence-electron chi connectivity index (χ1n) is 5.52. The lowest BCUT2D eigenvalue weighted by atomic mass is 10.4. The number of halogens is 3. The minimum Gasteiger partial charge on any atom is -0.468 e. The van der Waals surface area contributed by atoms with E-state index < -0.39 is 28.8 Å². The van der Waals surface area contributed by atoms with Crippen molar-refractivity contribution >= 4 is 10.0 Å². The third-order valence-corrected chi connectivity index (χ3v) is 3.69. The number of pyridine rings is 1. The number of hydrogen-bond donors (Lipinski definition) is 2. The zero-order chi connectivity index (χ0) is 15.4. The molecule has 0 saturated carbocycles. The molecule has 0 fully saturated rings. The first kappa shape index (κ1) is 16.7. The summed E-state index contributed by atoms with van der Waals surface area (Å²) < 4.78 is 66.0. The number of hydrogen-bond acceptors (Lipinski definition) is 5.